The van der Waals surface area contributed by atoms with Crippen LogP contribution in [-0.4, -0.2) is 75.9 Å². The van der Waals surface area contributed by atoms with Crippen LogP contribution in [0.15, 0.2) is 24.3 Å². The molecule has 170 valence electrons. The third-order valence-corrected chi connectivity index (χ3v) is 5.37. The van der Waals surface area contributed by atoms with Crippen molar-refractivity contribution < 1.29 is 29.7 Å². The molecule has 0 aliphatic heterocycles. The SMILES string of the molecule is CC/C=C/CCC(O)C[N+](CCO)(CCC(C)C(=O)O)CC(O)CC/C=C/CC. The molecule has 0 rings (SSSR count). The summed E-state index contributed by atoms with van der Waals surface area (Å²) in [6.07, 6.45) is 12.3. The Balaban J connectivity index is 5.16. The maximum absolute atomic E-state index is 11.3. The van der Waals surface area contributed by atoms with Crippen molar-refractivity contribution in [2.75, 3.05) is 32.8 Å². The van der Waals surface area contributed by atoms with Crippen LogP contribution in [0.3, 0.4) is 0 Å². The van der Waals surface area contributed by atoms with E-state index < -0.39 is 24.1 Å². The van der Waals surface area contributed by atoms with Crippen LogP contribution >= 0.6 is 0 Å². The Morgan fingerprint density at radius 2 is 1.34 bits per heavy atom. The minimum Gasteiger partial charge on any atom is -0.481 e. The van der Waals surface area contributed by atoms with E-state index in [4.69, 9.17) is 0 Å². The molecule has 6 heteroatoms. The number of allylic oxidation sites excluding steroid dienone is 4. The van der Waals surface area contributed by atoms with Gasteiger partial charge in [-0.05, 0) is 38.5 Å². The third kappa shape index (κ3) is 13.6. The van der Waals surface area contributed by atoms with Crippen LogP contribution < -0.4 is 0 Å². The fraction of sp³-hybridized carbons (Fsp3) is 0.783. The molecule has 0 aliphatic carbocycles. The van der Waals surface area contributed by atoms with Crippen LogP contribution in [0.4, 0.5) is 0 Å². The molecular weight excluding hydrogens is 370 g/mol. The zero-order valence-electron chi connectivity index (χ0n) is 18.7. The summed E-state index contributed by atoms with van der Waals surface area (Å²) in [6.45, 7) is 7.48. The Kier molecular flexibility index (Phi) is 15.9. The van der Waals surface area contributed by atoms with E-state index in [1.165, 1.54) is 0 Å². The summed E-state index contributed by atoms with van der Waals surface area (Å²) >= 11 is 0. The van der Waals surface area contributed by atoms with E-state index in [9.17, 15) is 25.2 Å². The number of carboxylic acids is 1. The topological polar surface area (TPSA) is 98.0 Å². The van der Waals surface area contributed by atoms with Crippen molar-refractivity contribution in [1.29, 1.82) is 0 Å². The van der Waals surface area contributed by atoms with Gasteiger partial charge in [0.05, 0.1) is 19.1 Å². The Hall–Kier alpha value is -1.21. The first-order valence-corrected chi connectivity index (χ1v) is 11.1. The monoisotopic (exact) mass is 414 g/mol. The largest absolute Gasteiger partial charge is 0.481 e. The lowest BCUT2D eigenvalue weighted by Crippen LogP contribution is -2.58. The molecule has 0 aromatic carbocycles. The van der Waals surface area contributed by atoms with Gasteiger partial charge in [-0.25, -0.2) is 0 Å². The molecule has 0 saturated carbocycles. The van der Waals surface area contributed by atoms with Crippen LogP contribution in [0.1, 0.15) is 65.7 Å². The maximum atomic E-state index is 11.3. The number of aliphatic carboxylic acids is 1. The van der Waals surface area contributed by atoms with Gasteiger partial charge < -0.3 is 24.9 Å². The van der Waals surface area contributed by atoms with Crippen LogP contribution in [0.25, 0.3) is 0 Å². The van der Waals surface area contributed by atoms with Crippen LogP contribution in [0.2, 0.25) is 0 Å². The summed E-state index contributed by atoms with van der Waals surface area (Å²) in [5, 5.41) is 40.1. The first kappa shape index (κ1) is 27.8. The summed E-state index contributed by atoms with van der Waals surface area (Å²) in [5.41, 5.74) is 0. The van der Waals surface area contributed by atoms with Gasteiger partial charge in [-0.2, -0.15) is 0 Å². The van der Waals surface area contributed by atoms with Gasteiger partial charge in [0.2, 0.25) is 0 Å². The highest BCUT2D eigenvalue weighted by Gasteiger charge is 2.33. The molecule has 0 heterocycles. The zero-order chi connectivity index (χ0) is 22.1. The second-order valence-corrected chi connectivity index (χ2v) is 8.13. The molecule has 0 aliphatic rings. The van der Waals surface area contributed by atoms with Crippen molar-refractivity contribution >= 4 is 5.97 Å². The lowest BCUT2D eigenvalue weighted by atomic mass is 10.0. The Morgan fingerprint density at radius 1 is 0.862 bits per heavy atom. The molecule has 0 aromatic rings. The fourth-order valence-electron chi connectivity index (χ4n) is 3.58. The van der Waals surface area contributed by atoms with Crippen LogP contribution in [0.5, 0.6) is 0 Å². The molecule has 0 bridgehead atoms. The quantitative estimate of drug-likeness (QED) is 0.204. The molecule has 0 amide bonds. The average Bonchev–Trinajstić information content (AvgIpc) is 2.67. The molecule has 0 spiro atoms. The molecule has 0 aromatic heterocycles. The van der Waals surface area contributed by atoms with Crippen molar-refractivity contribution in [3.8, 4) is 0 Å². The molecule has 3 unspecified atom stereocenters. The number of hydrogen-bond donors (Lipinski definition) is 4. The van der Waals surface area contributed by atoms with Gasteiger partial charge in [0, 0.05) is 6.42 Å². The second kappa shape index (κ2) is 16.6. The van der Waals surface area contributed by atoms with Crippen LogP contribution in [0, 0.1) is 5.92 Å². The van der Waals surface area contributed by atoms with Crippen molar-refractivity contribution in [2.45, 2.75) is 77.9 Å². The first-order chi connectivity index (χ1) is 13.8. The average molecular weight is 415 g/mol. The van der Waals surface area contributed by atoms with Gasteiger partial charge >= 0.3 is 5.97 Å². The summed E-state index contributed by atoms with van der Waals surface area (Å²) in [5.74, 6) is -1.34. The lowest BCUT2D eigenvalue weighted by molar-refractivity contribution is -0.934. The Morgan fingerprint density at radius 3 is 1.72 bits per heavy atom. The maximum Gasteiger partial charge on any atom is 0.306 e. The summed E-state index contributed by atoms with van der Waals surface area (Å²) < 4.78 is 0.339. The van der Waals surface area contributed by atoms with E-state index in [2.05, 4.69) is 38.2 Å². The van der Waals surface area contributed by atoms with E-state index in [-0.39, 0.29) is 6.61 Å². The number of hydrogen-bond acceptors (Lipinski definition) is 4. The molecule has 0 fully saturated rings. The van der Waals surface area contributed by atoms with Crippen molar-refractivity contribution in [1.82, 2.24) is 0 Å². The summed E-state index contributed by atoms with van der Waals surface area (Å²) in [7, 11) is 0. The highest BCUT2D eigenvalue weighted by Crippen LogP contribution is 2.18. The number of nitrogens with zero attached hydrogens (tertiary/aromatic N) is 1. The van der Waals surface area contributed by atoms with E-state index in [1.54, 1.807) is 6.92 Å². The highest BCUT2D eigenvalue weighted by atomic mass is 16.4. The van der Waals surface area contributed by atoms with Gasteiger partial charge in [0.15, 0.2) is 0 Å². The van der Waals surface area contributed by atoms with Gasteiger partial charge in [0.1, 0.15) is 31.8 Å². The minimum atomic E-state index is -0.845. The Bertz CT molecular complexity index is 452. The first-order valence-electron chi connectivity index (χ1n) is 11.1. The molecule has 0 saturated heterocycles. The molecular formula is C23H44NO5+. The number of rotatable bonds is 18. The number of aliphatic hydroxyl groups is 3. The number of quaternary nitrogens is 1. The van der Waals surface area contributed by atoms with Crippen molar-refractivity contribution in [3.63, 3.8) is 0 Å². The van der Waals surface area contributed by atoms with Gasteiger partial charge in [-0.15, -0.1) is 0 Å². The van der Waals surface area contributed by atoms with Crippen LogP contribution in [-0.2, 0) is 4.79 Å². The van der Waals surface area contributed by atoms with Gasteiger partial charge in [0.25, 0.3) is 0 Å². The normalized spacial score (nSPS) is 17.4. The molecule has 4 N–H and O–H groups in total. The van der Waals surface area contributed by atoms with Gasteiger partial charge in [-0.3, -0.25) is 4.79 Å². The standard InChI is InChI=1S/C23H43NO5/c1-4-6-8-10-12-21(26)18-24(16-17-25,15-14-20(3)23(28)29)19-22(27)13-11-9-7-5-2/h6-9,20-22,25-27H,4-5,10-19H2,1-3H3/p+1/b8-6+,9-7+. The molecule has 29 heavy (non-hydrogen) atoms. The predicted molar refractivity (Wildman–Crippen MR) is 118 cm³/mol. The third-order valence-electron chi connectivity index (χ3n) is 5.37. The predicted octanol–water partition coefficient (Wildman–Crippen LogP) is 3.12. The Labute approximate surface area is 177 Å². The van der Waals surface area contributed by atoms with Crippen molar-refractivity contribution in [2.24, 2.45) is 5.92 Å². The highest BCUT2D eigenvalue weighted by molar-refractivity contribution is 5.69. The van der Waals surface area contributed by atoms with Gasteiger partial charge in [-0.1, -0.05) is 45.1 Å². The molecule has 3 atom stereocenters. The zero-order valence-corrected chi connectivity index (χ0v) is 18.7. The van der Waals surface area contributed by atoms with E-state index in [0.29, 0.717) is 49.9 Å². The fourth-order valence-corrected chi connectivity index (χ4v) is 3.58. The minimum absolute atomic E-state index is 0.0631. The molecule has 0 radical (unpaired) electrons. The number of carbonyl (C=O) groups is 1. The summed E-state index contributed by atoms with van der Waals surface area (Å²) in [6, 6.07) is 0. The van der Waals surface area contributed by atoms with E-state index in [1.807, 2.05) is 0 Å². The van der Waals surface area contributed by atoms with Crippen molar-refractivity contribution in [3.05, 3.63) is 24.3 Å². The van der Waals surface area contributed by atoms with E-state index >= 15 is 0 Å². The summed E-state index contributed by atoms with van der Waals surface area (Å²) in [4.78, 5) is 11.3. The molecule has 6 nitrogen and oxygen atoms in total. The lowest BCUT2D eigenvalue weighted by Gasteiger charge is -2.41. The second-order valence-electron chi connectivity index (χ2n) is 8.13. The smallest absolute Gasteiger partial charge is 0.306 e. The number of carboxylic acid groups (broad SMARTS) is 1. The number of aliphatic hydroxyl groups excluding tert-OH is 3. The van der Waals surface area contributed by atoms with E-state index in [0.717, 1.165) is 25.7 Å².